The Hall–Kier alpha value is -2.91. The number of ether oxygens (including phenoxy) is 3. The van der Waals surface area contributed by atoms with Gasteiger partial charge in [0.05, 0.1) is 26.4 Å². The number of amides is 1. The van der Waals surface area contributed by atoms with E-state index >= 15 is 0 Å². The second-order valence-electron chi connectivity index (χ2n) is 7.38. The molecule has 1 aromatic heterocycles. The largest absolute Gasteiger partial charge is 0.493 e. The molecule has 0 atom stereocenters. The lowest BCUT2D eigenvalue weighted by Crippen LogP contribution is -2.33. The van der Waals surface area contributed by atoms with Crippen LogP contribution in [0.3, 0.4) is 0 Å². The van der Waals surface area contributed by atoms with E-state index in [1.807, 2.05) is 6.07 Å². The molecule has 0 fully saturated rings. The molecule has 0 bridgehead atoms. The number of hydrogen-bond donors (Lipinski definition) is 2. The number of methoxy groups -OCH3 is 2. The molecule has 1 amide bonds. The normalized spacial score (nSPS) is 13.1. The molecule has 176 valence electrons. The maximum absolute atomic E-state index is 12.7. The summed E-state index contributed by atoms with van der Waals surface area (Å²) in [6.07, 6.45) is 8.08. The second-order valence-corrected chi connectivity index (χ2v) is 8.89. The Morgan fingerprint density at radius 1 is 1.12 bits per heavy atom. The number of thiophene rings is 1. The van der Waals surface area contributed by atoms with Gasteiger partial charge in [-0.05, 0) is 74.2 Å². The van der Waals surface area contributed by atoms with Crippen molar-refractivity contribution < 1.29 is 23.8 Å². The van der Waals surface area contributed by atoms with E-state index < -0.39 is 5.91 Å². The van der Waals surface area contributed by atoms with E-state index in [1.165, 1.54) is 22.3 Å². The highest BCUT2D eigenvalue weighted by Gasteiger charge is 2.26. The second kappa shape index (κ2) is 11.8. The minimum absolute atomic E-state index is 0.124. The Balaban J connectivity index is 1.69. The lowest BCUT2D eigenvalue weighted by molar-refractivity contribution is -0.115. The number of benzene rings is 1. The molecule has 1 heterocycles. The summed E-state index contributed by atoms with van der Waals surface area (Å²) < 4.78 is 15.8. The molecule has 3 rings (SSSR count). The Kier molecular flexibility index (Phi) is 8.85. The molecule has 0 saturated heterocycles. The van der Waals surface area contributed by atoms with Crippen molar-refractivity contribution in [2.45, 2.75) is 39.0 Å². The van der Waals surface area contributed by atoms with Crippen molar-refractivity contribution >= 4 is 51.6 Å². The fourth-order valence-corrected chi connectivity index (χ4v) is 5.22. The lowest BCUT2D eigenvalue weighted by atomic mass is 10.1. The average molecular weight is 489 g/mol. The number of nitrogens with one attached hydrogen (secondary N) is 2. The van der Waals surface area contributed by atoms with Crippen molar-refractivity contribution in [3.8, 4) is 11.5 Å². The molecule has 0 unspecified atom stereocenters. The number of carbonyl (C=O) groups is 2. The molecule has 2 N–H and O–H groups in total. The van der Waals surface area contributed by atoms with Crippen LogP contribution >= 0.6 is 23.6 Å². The summed E-state index contributed by atoms with van der Waals surface area (Å²) in [4.78, 5) is 26.2. The molecular weight excluding hydrogens is 460 g/mol. The van der Waals surface area contributed by atoms with Gasteiger partial charge in [0.1, 0.15) is 5.00 Å². The van der Waals surface area contributed by atoms with Crippen LogP contribution in [0.4, 0.5) is 5.00 Å². The predicted molar refractivity (Wildman–Crippen MR) is 134 cm³/mol. The first-order valence-electron chi connectivity index (χ1n) is 10.8. The van der Waals surface area contributed by atoms with E-state index in [1.54, 1.807) is 39.4 Å². The Bertz CT molecular complexity index is 1060. The summed E-state index contributed by atoms with van der Waals surface area (Å²) in [6, 6.07) is 5.34. The number of rotatable bonds is 7. The monoisotopic (exact) mass is 488 g/mol. The molecule has 1 aliphatic carbocycles. The van der Waals surface area contributed by atoms with Crippen LogP contribution in [-0.2, 0) is 22.4 Å². The van der Waals surface area contributed by atoms with Gasteiger partial charge in [0.25, 0.3) is 0 Å². The maximum atomic E-state index is 12.7. The first kappa shape index (κ1) is 24.7. The van der Waals surface area contributed by atoms with Crippen LogP contribution in [0.1, 0.15) is 52.5 Å². The van der Waals surface area contributed by atoms with E-state index in [2.05, 4.69) is 10.6 Å². The molecule has 9 heteroatoms. The SMILES string of the molecule is CCOC(=O)c1c(NC(=S)NC(=O)C=Cc2ccc(OC)c(OC)c2)sc2c1CCCCC2. The standard InChI is InChI=1S/C24H28N2O5S2/c1-4-31-23(28)21-16-8-6-5-7-9-19(16)33-22(21)26-24(32)25-20(27)13-11-15-10-12-17(29-2)18(14-15)30-3/h10-14H,4-9H2,1-3H3,(H2,25,26,27,32). The van der Waals surface area contributed by atoms with Crippen molar-refractivity contribution in [1.82, 2.24) is 5.32 Å². The number of hydrogen-bond acceptors (Lipinski definition) is 7. The van der Waals surface area contributed by atoms with Crippen LogP contribution in [0, 0.1) is 0 Å². The molecule has 0 aliphatic heterocycles. The molecule has 1 aromatic carbocycles. The Labute approximate surface area is 203 Å². The van der Waals surface area contributed by atoms with Gasteiger partial charge in [0.2, 0.25) is 5.91 Å². The zero-order valence-corrected chi connectivity index (χ0v) is 20.6. The molecule has 2 aromatic rings. The van der Waals surface area contributed by atoms with Gasteiger partial charge in [-0.2, -0.15) is 0 Å². The summed E-state index contributed by atoms with van der Waals surface area (Å²) in [5.74, 6) is 0.428. The molecule has 0 saturated carbocycles. The van der Waals surface area contributed by atoms with E-state index in [-0.39, 0.29) is 11.1 Å². The molecule has 7 nitrogen and oxygen atoms in total. The zero-order chi connectivity index (χ0) is 23.8. The Morgan fingerprint density at radius 2 is 1.88 bits per heavy atom. The lowest BCUT2D eigenvalue weighted by Gasteiger charge is -2.10. The average Bonchev–Trinajstić information content (AvgIpc) is 2.97. The van der Waals surface area contributed by atoms with Crippen molar-refractivity contribution in [3.63, 3.8) is 0 Å². The van der Waals surface area contributed by atoms with Gasteiger partial charge in [-0.3, -0.25) is 10.1 Å². The minimum Gasteiger partial charge on any atom is -0.493 e. The zero-order valence-electron chi connectivity index (χ0n) is 19.0. The van der Waals surface area contributed by atoms with Gasteiger partial charge in [0.15, 0.2) is 16.6 Å². The first-order chi connectivity index (χ1) is 16.0. The third-order valence-electron chi connectivity index (χ3n) is 5.20. The first-order valence-corrected chi connectivity index (χ1v) is 12.0. The van der Waals surface area contributed by atoms with Gasteiger partial charge >= 0.3 is 5.97 Å². The highest BCUT2D eigenvalue weighted by molar-refractivity contribution is 7.80. The number of thiocarbonyl (C=S) groups is 1. The van der Waals surface area contributed by atoms with Crippen LogP contribution in [0.15, 0.2) is 24.3 Å². The molecule has 0 spiro atoms. The van der Waals surface area contributed by atoms with Crippen molar-refractivity contribution in [2.75, 3.05) is 26.1 Å². The van der Waals surface area contributed by atoms with Gasteiger partial charge in [-0.25, -0.2) is 4.79 Å². The van der Waals surface area contributed by atoms with E-state index in [0.29, 0.717) is 28.7 Å². The topological polar surface area (TPSA) is 85.9 Å². The number of fused-ring (bicyclic) bond motifs is 1. The Morgan fingerprint density at radius 3 is 2.61 bits per heavy atom. The third-order valence-corrected chi connectivity index (χ3v) is 6.61. The number of aryl methyl sites for hydroxylation is 1. The summed E-state index contributed by atoms with van der Waals surface area (Å²) in [5, 5.41) is 6.41. The summed E-state index contributed by atoms with van der Waals surface area (Å²) in [5.41, 5.74) is 2.35. The highest BCUT2D eigenvalue weighted by Crippen LogP contribution is 2.38. The van der Waals surface area contributed by atoms with Crippen molar-refractivity contribution in [3.05, 3.63) is 45.8 Å². The van der Waals surface area contributed by atoms with Crippen LogP contribution < -0.4 is 20.1 Å². The fourth-order valence-electron chi connectivity index (χ4n) is 3.67. The minimum atomic E-state index is -0.391. The van der Waals surface area contributed by atoms with E-state index in [9.17, 15) is 9.59 Å². The van der Waals surface area contributed by atoms with Crippen molar-refractivity contribution in [2.24, 2.45) is 0 Å². The van der Waals surface area contributed by atoms with E-state index in [0.717, 1.165) is 43.2 Å². The molecular formula is C24H28N2O5S2. The third kappa shape index (κ3) is 6.33. The van der Waals surface area contributed by atoms with Gasteiger partial charge in [0, 0.05) is 11.0 Å². The molecule has 1 aliphatic rings. The molecule has 0 radical (unpaired) electrons. The smallest absolute Gasteiger partial charge is 0.341 e. The van der Waals surface area contributed by atoms with Gasteiger partial charge in [-0.1, -0.05) is 12.5 Å². The number of carbonyl (C=O) groups excluding carboxylic acids is 2. The number of anilines is 1. The quantitative estimate of drug-likeness (QED) is 0.252. The van der Waals surface area contributed by atoms with Crippen LogP contribution in [0.5, 0.6) is 11.5 Å². The molecule has 33 heavy (non-hydrogen) atoms. The number of esters is 1. The van der Waals surface area contributed by atoms with Gasteiger partial charge < -0.3 is 19.5 Å². The fraction of sp³-hybridized carbons (Fsp3) is 0.375. The predicted octanol–water partition coefficient (Wildman–Crippen LogP) is 4.74. The summed E-state index contributed by atoms with van der Waals surface area (Å²) in [7, 11) is 3.12. The van der Waals surface area contributed by atoms with Gasteiger partial charge in [-0.15, -0.1) is 11.3 Å². The summed E-state index contributed by atoms with van der Waals surface area (Å²) in [6.45, 7) is 2.08. The maximum Gasteiger partial charge on any atom is 0.341 e. The van der Waals surface area contributed by atoms with Crippen LogP contribution in [-0.4, -0.2) is 37.8 Å². The summed E-state index contributed by atoms with van der Waals surface area (Å²) >= 11 is 6.84. The van der Waals surface area contributed by atoms with E-state index in [4.69, 9.17) is 26.4 Å². The van der Waals surface area contributed by atoms with Crippen molar-refractivity contribution in [1.29, 1.82) is 0 Å². The van der Waals surface area contributed by atoms with Crippen LogP contribution in [0.25, 0.3) is 6.08 Å². The van der Waals surface area contributed by atoms with Crippen LogP contribution in [0.2, 0.25) is 0 Å². The highest BCUT2D eigenvalue weighted by atomic mass is 32.1.